The van der Waals surface area contributed by atoms with Crippen LogP contribution >= 0.6 is 0 Å². The van der Waals surface area contributed by atoms with E-state index >= 15 is 0 Å². The molecule has 0 N–H and O–H groups in total. The van der Waals surface area contributed by atoms with Crippen LogP contribution in [-0.4, -0.2) is 25.3 Å². The molecule has 0 saturated heterocycles. The third kappa shape index (κ3) is 13.3. The summed E-state index contributed by atoms with van der Waals surface area (Å²) in [5, 5.41) is 0. The van der Waals surface area contributed by atoms with Gasteiger partial charge in [0.1, 0.15) is 0 Å². The monoisotopic (exact) mass is 164 g/mol. The summed E-state index contributed by atoms with van der Waals surface area (Å²) in [5.74, 6) is 0. The van der Waals surface area contributed by atoms with Gasteiger partial charge < -0.3 is 0 Å². The van der Waals surface area contributed by atoms with Crippen molar-refractivity contribution in [3.8, 4) is 0 Å². The topological polar surface area (TPSA) is 0 Å². The number of rotatable bonds is 0. The molecule has 0 spiro atoms. The van der Waals surface area contributed by atoms with E-state index in [-0.39, 0.29) is 0 Å². The first-order valence-corrected chi connectivity index (χ1v) is 11.6. The van der Waals surface area contributed by atoms with Crippen molar-refractivity contribution >= 4 is 25.3 Å². The van der Waals surface area contributed by atoms with Gasteiger partial charge in [0.25, 0.3) is 0 Å². The molecule has 0 aromatic carbocycles. The summed E-state index contributed by atoms with van der Waals surface area (Å²) in [6, 6.07) is 0. The van der Waals surface area contributed by atoms with E-state index in [0.29, 0.717) is 0 Å². The second-order valence-electron chi connectivity index (χ2n) is 1.73. The Morgan fingerprint density at radius 1 is 1.50 bits per heavy atom. The van der Waals surface area contributed by atoms with Gasteiger partial charge >= 0.3 is 35.1 Å². The quantitative estimate of drug-likeness (QED) is 0.426. The normalized spacial score (nSPS) is 8.75. The predicted octanol–water partition coefficient (Wildman–Crippen LogP) is -0.397. The molecule has 0 heterocycles. The Labute approximate surface area is 35.5 Å². The SMILES string of the molecule is [BH2][SnH]([CH3])[CH3]. The van der Waals surface area contributed by atoms with Gasteiger partial charge in [0.15, 0.2) is 0 Å². The van der Waals surface area contributed by atoms with E-state index < -0.39 is 19.5 Å². The molecule has 0 atom stereocenters. The van der Waals surface area contributed by atoms with E-state index in [1.807, 2.05) is 0 Å². The minimum absolute atomic E-state index is 0.637. The van der Waals surface area contributed by atoms with Crippen molar-refractivity contribution in [2.45, 2.75) is 9.88 Å². The molecular formula is C2H9BSn. The average molecular weight is 163 g/mol. The van der Waals surface area contributed by atoms with Gasteiger partial charge in [0.05, 0.1) is 0 Å². The zero-order valence-corrected chi connectivity index (χ0v) is 6.87. The van der Waals surface area contributed by atoms with Crippen LogP contribution in [0.15, 0.2) is 0 Å². The Kier molecular flexibility index (Phi) is 2.58. The Balaban J connectivity index is 2.32. The van der Waals surface area contributed by atoms with Gasteiger partial charge in [-0.1, -0.05) is 0 Å². The molecule has 0 nitrogen and oxygen atoms in total. The fraction of sp³-hybridized carbons (Fsp3) is 1.00. The van der Waals surface area contributed by atoms with E-state index in [4.69, 9.17) is 0 Å². The summed E-state index contributed by atoms with van der Waals surface area (Å²) in [4.78, 5) is 4.75. The van der Waals surface area contributed by atoms with Crippen LogP contribution in [0.3, 0.4) is 0 Å². The molecule has 0 unspecified atom stereocenters. The van der Waals surface area contributed by atoms with Gasteiger partial charge in [0.2, 0.25) is 0 Å². The van der Waals surface area contributed by atoms with Crippen molar-refractivity contribution in [3.63, 3.8) is 0 Å². The Bertz CT molecular complexity index is 10.8. The van der Waals surface area contributed by atoms with Gasteiger partial charge in [-0.2, -0.15) is 0 Å². The standard InChI is InChI=1S/2CH3.BH2.Sn.H/h2*1H3;1H2;;/q;;+1;-1;. The van der Waals surface area contributed by atoms with Gasteiger partial charge in [-0.3, -0.25) is 0 Å². The van der Waals surface area contributed by atoms with Gasteiger partial charge in [-0.15, -0.1) is 0 Å². The Morgan fingerprint density at radius 3 is 1.50 bits per heavy atom. The summed E-state index contributed by atoms with van der Waals surface area (Å²) in [7, 11) is 0. The van der Waals surface area contributed by atoms with E-state index in [0.717, 1.165) is 0 Å². The maximum absolute atomic E-state index is 2.38. The molecule has 0 rings (SSSR count). The molecule has 0 radical (unpaired) electrons. The van der Waals surface area contributed by atoms with E-state index in [1.165, 1.54) is 0 Å². The van der Waals surface area contributed by atoms with Crippen LogP contribution in [0.2, 0.25) is 9.88 Å². The molecule has 4 heavy (non-hydrogen) atoms. The molecule has 0 aliphatic rings. The van der Waals surface area contributed by atoms with Crippen molar-refractivity contribution in [1.82, 2.24) is 0 Å². The van der Waals surface area contributed by atoms with Crippen molar-refractivity contribution in [1.29, 1.82) is 0 Å². The second kappa shape index (κ2) is 2.12. The molecule has 0 aliphatic heterocycles. The third-order valence-electron chi connectivity index (χ3n) is 0. The van der Waals surface area contributed by atoms with Gasteiger partial charge in [0, 0.05) is 0 Å². The molecule has 0 fully saturated rings. The second-order valence-corrected chi connectivity index (χ2v) is 11.6. The Hall–Kier alpha value is 0.864. The number of hydrogen-bond acceptors (Lipinski definition) is 0. The first-order chi connectivity index (χ1) is 1.73. The van der Waals surface area contributed by atoms with Crippen LogP contribution in [0.25, 0.3) is 0 Å². The van der Waals surface area contributed by atoms with Crippen molar-refractivity contribution in [2.75, 3.05) is 0 Å². The fourth-order valence-corrected chi connectivity index (χ4v) is 0. The maximum atomic E-state index is 2.38. The summed E-state index contributed by atoms with van der Waals surface area (Å²) >= 11 is -0.637. The van der Waals surface area contributed by atoms with Crippen molar-refractivity contribution < 1.29 is 0 Å². The van der Waals surface area contributed by atoms with Crippen LogP contribution < -0.4 is 0 Å². The molecule has 0 bridgehead atoms. The average Bonchev–Trinajstić information content (AvgIpc) is 0.811. The summed E-state index contributed by atoms with van der Waals surface area (Å²) in [6.45, 7) is 0. The van der Waals surface area contributed by atoms with Crippen LogP contribution in [0.4, 0.5) is 0 Å². The third-order valence-corrected chi connectivity index (χ3v) is 0. The first-order valence-electron chi connectivity index (χ1n) is 1.73. The van der Waals surface area contributed by atoms with Gasteiger partial charge in [-0.05, 0) is 0 Å². The van der Waals surface area contributed by atoms with Crippen LogP contribution in [0.5, 0.6) is 0 Å². The van der Waals surface area contributed by atoms with Gasteiger partial charge in [-0.25, -0.2) is 0 Å². The number of hydrogen-bond donors (Lipinski definition) is 0. The molecule has 0 aromatic heterocycles. The van der Waals surface area contributed by atoms with E-state index in [1.54, 1.807) is 0 Å². The zero-order chi connectivity index (χ0) is 3.58. The molecular weight excluding hydrogens is 154 g/mol. The van der Waals surface area contributed by atoms with Crippen LogP contribution in [-0.2, 0) is 0 Å². The Morgan fingerprint density at radius 2 is 1.50 bits per heavy atom. The summed E-state index contributed by atoms with van der Waals surface area (Å²) in [6.07, 6.45) is 0. The zero-order valence-electron chi connectivity index (χ0n) is 3.58. The molecule has 0 aromatic rings. The summed E-state index contributed by atoms with van der Waals surface area (Å²) < 4.78 is 0. The first kappa shape index (κ1) is 4.86. The fourth-order valence-electron chi connectivity index (χ4n) is 0. The van der Waals surface area contributed by atoms with Crippen LogP contribution in [0, 0.1) is 0 Å². The van der Waals surface area contributed by atoms with Crippen molar-refractivity contribution in [2.24, 2.45) is 0 Å². The van der Waals surface area contributed by atoms with Crippen LogP contribution in [0.1, 0.15) is 0 Å². The molecule has 0 saturated carbocycles. The molecule has 24 valence electrons. The molecule has 2 heteroatoms. The predicted molar refractivity (Wildman–Crippen MR) is 27.4 cm³/mol. The minimum atomic E-state index is -0.637. The summed E-state index contributed by atoms with van der Waals surface area (Å²) in [5.41, 5.74) is 2.38. The molecule has 0 aliphatic carbocycles. The van der Waals surface area contributed by atoms with Crippen molar-refractivity contribution in [3.05, 3.63) is 0 Å². The van der Waals surface area contributed by atoms with E-state index in [9.17, 15) is 0 Å². The van der Waals surface area contributed by atoms with E-state index in [2.05, 4.69) is 15.6 Å². The molecule has 0 amide bonds.